The molecule has 3 rings (SSSR count). The third-order valence-corrected chi connectivity index (χ3v) is 6.00. The van der Waals surface area contributed by atoms with Gasteiger partial charge >= 0.3 is 0 Å². The van der Waals surface area contributed by atoms with Gasteiger partial charge in [0.05, 0.1) is 5.92 Å². The molecular formula is C22H35ClN2O. The van der Waals surface area contributed by atoms with Gasteiger partial charge < -0.3 is 10.6 Å². The first-order chi connectivity index (χ1) is 12.3. The van der Waals surface area contributed by atoms with Crippen molar-refractivity contribution in [2.75, 3.05) is 13.1 Å². The summed E-state index contributed by atoms with van der Waals surface area (Å²) in [5.41, 5.74) is 1.19. The van der Waals surface area contributed by atoms with Gasteiger partial charge in [-0.3, -0.25) is 4.79 Å². The van der Waals surface area contributed by atoms with Crippen LogP contribution < -0.4 is 10.6 Å². The number of hydrogen-bond acceptors (Lipinski definition) is 2. The molecule has 1 aromatic carbocycles. The maximum atomic E-state index is 12.9. The second-order valence-corrected chi connectivity index (χ2v) is 7.87. The summed E-state index contributed by atoms with van der Waals surface area (Å²) >= 11 is 0. The van der Waals surface area contributed by atoms with Crippen molar-refractivity contribution in [1.29, 1.82) is 0 Å². The molecule has 3 nitrogen and oxygen atoms in total. The van der Waals surface area contributed by atoms with Crippen LogP contribution in [0.15, 0.2) is 30.3 Å². The molecule has 4 heteroatoms. The average Bonchev–Trinajstić information content (AvgIpc) is 3.17. The molecule has 0 aliphatic heterocycles. The molecule has 0 bridgehead atoms. The topological polar surface area (TPSA) is 41.1 Å². The first kappa shape index (κ1) is 21.2. The van der Waals surface area contributed by atoms with Gasteiger partial charge in [-0.05, 0) is 50.1 Å². The molecule has 26 heavy (non-hydrogen) atoms. The van der Waals surface area contributed by atoms with Crippen LogP contribution in [0.25, 0.3) is 0 Å². The van der Waals surface area contributed by atoms with E-state index in [1.807, 2.05) is 6.07 Å². The van der Waals surface area contributed by atoms with E-state index in [1.165, 1.54) is 63.4 Å². The van der Waals surface area contributed by atoms with Crippen LogP contribution in [-0.4, -0.2) is 25.0 Å². The van der Waals surface area contributed by atoms with Gasteiger partial charge in [-0.2, -0.15) is 0 Å². The Kier molecular flexibility index (Phi) is 9.49. The molecule has 0 saturated heterocycles. The highest BCUT2D eigenvalue weighted by atomic mass is 35.5. The number of rotatable bonds is 8. The Bertz CT molecular complexity index is 510. The van der Waals surface area contributed by atoms with Crippen LogP contribution in [0.4, 0.5) is 0 Å². The third-order valence-electron chi connectivity index (χ3n) is 6.00. The normalized spacial score (nSPS) is 19.7. The van der Waals surface area contributed by atoms with Crippen LogP contribution >= 0.6 is 12.4 Å². The van der Waals surface area contributed by atoms with E-state index in [1.54, 1.807) is 0 Å². The Morgan fingerprint density at radius 3 is 2.27 bits per heavy atom. The standard InChI is InChI=1S/C22H34N2O.ClH/c25-22(24-17-9-16-23-20-14-5-2-6-15-20)21(19-12-7-8-13-19)18-10-3-1-4-11-18;/h1,3-4,10-11,19-21,23H,2,5-9,12-17H2,(H,24,25);1H. The number of halogens is 1. The molecule has 2 fully saturated rings. The minimum atomic E-state index is 0. The Morgan fingerprint density at radius 2 is 1.58 bits per heavy atom. The van der Waals surface area contributed by atoms with Gasteiger partial charge in [0, 0.05) is 12.6 Å². The van der Waals surface area contributed by atoms with Crippen molar-refractivity contribution in [3.63, 3.8) is 0 Å². The van der Waals surface area contributed by atoms with E-state index in [-0.39, 0.29) is 24.2 Å². The molecule has 2 saturated carbocycles. The smallest absolute Gasteiger partial charge is 0.227 e. The highest BCUT2D eigenvalue weighted by Gasteiger charge is 2.31. The second kappa shape index (κ2) is 11.6. The number of hydrogen-bond donors (Lipinski definition) is 2. The SMILES string of the molecule is Cl.O=C(NCCCNC1CCCCC1)C(c1ccccc1)C1CCCC1. The summed E-state index contributed by atoms with van der Waals surface area (Å²) in [5, 5.41) is 6.88. The van der Waals surface area contributed by atoms with Gasteiger partial charge in [0.25, 0.3) is 0 Å². The Labute approximate surface area is 165 Å². The maximum absolute atomic E-state index is 12.9. The van der Waals surface area contributed by atoms with Crippen LogP contribution in [0.2, 0.25) is 0 Å². The number of nitrogens with one attached hydrogen (secondary N) is 2. The minimum Gasteiger partial charge on any atom is -0.356 e. The second-order valence-electron chi connectivity index (χ2n) is 7.87. The predicted molar refractivity (Wildman–Crippen MR) is 111 cm³/mol. The summed E-state index contributed by atoms with van der Waals surface area (Å²) in [6, 6.07) is 11.1. The van der Waals surface area contributed by atoms with Gasteiger partial charge in [0.1, 0.15) is 0 Å². The van der Waals surface area contributed by atoms with Crippen molar-refractivity contribution >= 4 is 18.3 Å². The van der Waals surface area contributed by atoms with Crippen LogP contribution in [0, 0.1) is 5.92 Å². The molecule has 1 unspecified atom stereocenters. The zero-order valence-corrected chi connectivity index (χ0v) is 16.7. The maximum Gasteiger partial charge on any atom is 0.227 e. The molecule has 0 radical (unpaired) electrons. The quantitative estimate of drug-likeness (QED) is 0.637. The first-order valence-electron chi connectivity index (χ1n) is 10.4. The summed E-state index contributed by atoms with van der Waals surface area (Å²) in [7, 11) is 0. The monoisotopic (exact) mass is 378 g/mol. The summed E-state index contributed by atoms with van der Waals surface area (Å²) in [5.74, 6) is 0.786. The van der Waals surface area contributed by atoms with Crippen molar-refractivity contribution in [3.05, 3.63) is 35.9 Å². The molecule has 0 aromatic heterocycles. The Hall–Kier alpha value is -1.06. The summed E-state index contributed by atoms with van der Waals surface area (Å²) < 4.78 is 0. The Balaban J connectivity index is 0.00000243. The van der Waals surface area contributed by atoms with Crippen LogP contribution in [-0.2, 0) is 4.79 Å². The van der Waals surface area contributed by atoms with Crippen molar-refractivity contribution in [2.45, 2.75) is 76.2 Å². The van der Waals surface area contributed by atoms with Gasteiger partial charge in [0.15, 0.2) is 0 Å². The van der Waals surface area contributed by atoms with Crippen molar-refractivity contribution in [2.24, 2.45) is 5.92 Å². The zero-order chi connectivity index (χ0) is 17.3. The lowest BCUT2D eigenvalue weighted by Gasteiger charge is -2.24. The molecular weight excluding hydrogens is 344 g/mol. The number of carbonyl (C=O) groups is 1. The van der Waals surface area contributed by atoms with Gasteiger partial charge in [-0.15, -0.1) is 12.4 Å². The van der Waals surface area contributed by atoms with E-state index < -0.39 is 0 Å². The number of benzene rings is 1. The van der Waals surface area contributed by atoms with E-state index >= 15 is 0 Å². The van der Waals surface area contributed by atoms with Gasteiger partial charge in [0.2, 0.25) is 5.91 Å². The third kappa shape index (κ3) is 6.28. The van der Waals surface area contributed by atoms with Gasteiger partial charge in [-0.1, -0.05) is 62.4 Å². The fourth-order valence-corrected chi connectivity index (χ4v) is 4.61. The lowest BCUT2D eigenvalue weighted by Crippen LogP contribution is -2.36. The van der Waals surface area contributed by atoms with Crippen LogP contribution in [0.5, 0.6) is 0 Å². The molecule has 2 aliphatic rings. The summed E-state index contributed by atoms with van der Waals surface area (Å²) in [6.07, 6.45) is 12.7. The minimum absolute atomic E-state index is 0. The predicted octanol–water partition coefficient (Wildman–Crippen LogP) is 4.81. The lowest BCUT2D eigenvalue weighted by atomic mass is 9.84. The molecule has 1 amide bonds. The molecule has 0 heterocycles. The fourth-order valence-electron chi connectivity index (χ4n) is 4.61. The number of amides is 1. The molecule has 2 aliphatic carbocycles. The van der Waals surface area contributed by atoms with Crippen molar-refractivity contribution in [3.8, 4) is 0 Å². The first-order valence-corrected chi connectivity index (χ1v) is 10.4. The number of carbonyl (C=O) groups excluding carboxylic acids is 1. The average molecular weight is 379 g/mol. The fraction of sp³-hybridized carbons (Fsp3) is 0.682. The largest absolute Gasteiger partial charge is 0.356 e. The molecule has 1 atom stereocenters. The van der Waals surface area contributed by atoms with Gasteiger partial charge in [-0.25, -0.2) is 0 Å². The van der Waals surface area contributed by atoms with Crippen molar-refractivity contribution < 1.29 is 4.79 Å². The molecule has 146 valence electrons. The molecule has 1 aromatic rings. The Morgan fingerprint density at radius 1 is 0.923 bits per heavy atom. The highest BCUT2D eigenvalue weighted by Crippen LogP contribution is 2.37. The van der Waals surface area contributed by atoms with E-state index in [0.717, 1.165) is 19.5 Å². The summed E-state index contributed by atoms with van der Waals surface area (Å²) in [4.78, 5) is 12.9. The zero-order valence-electron chi connectivity index (χ0n) is 15.9. The van der Waals surface area contributed by atoms with Crippen molar-refractivity contribution in [1.82, 2.24) is 10.6 Å². The van der Waals surface area contributed by atoms with E-state index in [2.05, 4.69) is 34.9 Å². The van der Waals surface area contributed by atoms with Crippen LogP contribution in [0.3, 0.4) is 0 Å². The molecule has 0 spiro atoms. The lowest BCUT2D eigenvalue weighted by molar-refractivity contribution is -0.123. The van der Waals surface area contributed by atoms with E-state index in [0.29, 0.717) is 12.0 Å². The van der Waals surface area contributed by atoms with E-state index in [9.17, 15) is 4.79 Å². The van der Waals surface area contributed by atoms with Crippen LogP contribution in [0.1, 0.15) is 75.7 Å². The summed E-state index contributed by atoms with van der Waals surface area (Å²) in [6.45, 7) is 1.80. The highest BCUT2D eigenvalue weighted by molar-refractivity contribution is 5.85. The van der Waals surface area contributed by atoms with E-state index in [4.69, 9.17) is 0 Å². The molecule has 2 N–H and O–H groups in total.